The maximum atomic E-state index is 13.2. The van der Waals surface area contributed by atoms with Crippen molar-refractivity contribution < 1.29 is 9.53 Å². The largest absolute Gasteiger partial charge is 0.496 e. The lowest BCUT2D eigenvalue weighted by Gasteiger charge is -2.18. The number of amides is 1. The highest BCUT2D eigenvalue weighted by atomic mass is 16.5. The van der Waals surface area contributed by atoms with Gasteiger partial charge in [-0.25, -0.2) is 9.97 Å². The van der Waals surface area contributed by atoms with Gasteiger partial charge in [0.1, 0.15) is 23.2 Å². The minimum Gasteiger partial charge on any atom is -0.496 e. The standard InChI is InChI=1S/C29H29N5O2/c1-19-8-10-21(11-9-19)32-26-18-27(31-20(2)30-26)33-22-12-14-23(15-13-22)34-28(35)29(16-17-29)24-6-4-5-7-25(24)36-3/h4-15,18H,16-17H2,1-3H3,(H,34,35)(H2,30,31,32,33). The summed E-state index contributed by atoms with van der Waals surface area (Å²) in [5.74, 6) is 2.79. The van der Waals surface area contributed by atoms with Crippen molar-refractivity contribution in [2.75, 3.05) is 23.1 Å². The Kier molecular flexibility index (Phi) is 6.29. The molecule has 7 heteroatoms. The Hall–Kier alpha value is -4.39. The normalized spacial score (nSPS) is 13.5. The zero-order chi connectivity index (χ0) is 25.1. The molecule has 5 rings (SSSR count). The van der Waals surface area contributed by atoms with Crippen LogP contribution in [0.2, 0.25) is 0 Å². The summed E-state index contributed by atoms with van der Waals surface area (Å²) < 4.78 is 5.50. The van der Waals surface area contributed by atoms with Gasteiger partial charge in [0.2, 0.25) is 5.91 Å². The second-order valence-electron chi connectivity index (χ2n) is 9.12. The van der Waals surface area contributed by atoms with Crippen molar-refractivity contribution in [3.63, 3.8) is 0 Å². The minimum atomic E-state index is -0.525. The molecule has 1 heterocycles. The SMILES string of the molecule is COc1ccccc1C1(C(=O)Nc2ccc(Nc3cc(Nc4ccc(C)cc4)nc(C)n3)cc2)CC1. The van der Waals surface area contributed by atoms with E-state index in [1.54, 1.807) is 7.11 Å². The molecule has 36 heavy (non-hydrogen) atoms. The summed E-state index contributed by atoms with van der Waals surface area (Å²) in [6.07, 6.45) is 1.62. The van der Waals surface area contributed by atoms with Crippen LogP contribution < -0.4 is 20.7 Å². The molecule has 182 valence electrons. The fourth-order valence-electron chi connectivity index (χ4n) is 4.30. The second-order valence-corrected chi connectivity index (χ2v) is 9.12. The Morgan fingerprint density at radius 3 is 1.94 bits per heavy atom. The summed E-state index contributed by atoms with van der Waals surface area (Å²) in [6.45, 7) is 3.92. The molecule has 0 bridgehead atoms. The van der Waals surface area contributed by atoms with Gasteiger partial charge in [-0.15, -0.1) is 0 Å². The number of carbonyl (C=O) groups is 1. The molecule has 0 spiro atoms. The van der Waals surface area contributed by atoms with Crippen molar-refractivity contribution >= 4 is 34.6 Å². The van der Waals surface area contributed by atoms with Crippen molar-refractivity contribution in [3.8, 4) is 5.75 Å². The van der Waals surface area contributed by atoms with Gasteiger partial charge in [-0.3, -0.25) is 4.79 Å². The van der Waals surface area contributed by atoms with Gasteiger partial charge >= 0.3 is 0 Å². The fraction of sp³-hybridized carbons (Fsp3) is 0.207. The lowest BCUT2D eigenvalue weighted by atomic mass is 9.94. The molecule has 1 fully saturated rings. The maximum absolute atomic E-state index is 13.2. The summed E-state index contributed by atoms with van der Waals surface area (Å²) >= 11 is 0. The maximum Gasteiger partial charge on any atom is 0.235 e. The fourth-order valence-corrected chi connectivity index (χ4v) is 4.30. The number of anilines is 5. The smallest absolute Gasteiger partial charge is 0.235 e. The van der Waals surface area contributed by atoms with Crippen LogP contribution in [0, 0.1) is 13.8 Å². The van der Waals surface area contributed by atoms with Gasteiger partial charge in [0.15, 0.2) is 0 Å². The molecule has 3 aromatic carbocycles. The van der Waals surface area contributed by atoms with E-state index >= 15 is 0 Å². The van der Waals surface area contributed by atoms with Gasteiger partial charge in [0.25, 0.3) is 0 Å². The highest BCUT2D eigenvalue weighted by molar-refractivity contribution is 6.02. The third-order valence-corrected chi connectivity index (χ3v) is 6.38. The quantitative estimate of drug-likeness (QED) is 0.276. The van der Waals surface area contributed by atoms with Crippen LogP contribution in [-0.4, -0.2) is 23.0 Å². The molecule has 0 saturated heterocycles. The van der Waals surface area contributed by atoms with Gasteiger partial charge in [0.05, 0.1) is 12.5 Å². The monoisotopic (exact) mass is 479 g/mol. The summed E-state index contributed by atoms with van der Waals surface area (Å²) in [5, 5.41) is 9.72. The van der Waals surface area contributed by atoms with Gasteiger partial charge in [0, 0.05) is 28.7 Å². The van der Waals surface area contributed by atoms with Crippen LogP contribution in [0.4, 0.5) is 28.7 Å². The molecule has 0 atom stereocenters. The van der Waals surface area contributed by atoms with Crippen LogP contribution in [0.1, 0.15) is 29.8 Å². The molecule has 4 aromatic rings. The van der Waals surface area contributed by atoms with Crippen molar-refractivity contribution in [2.24, 2.45) is 0 Å². The molecular formula is C29H29N5O2. The Balaban J connectivity index is 1.26. The molecule has 1 aliphatic rings. The number of carbonyl (C=O) groups excluding carboxylic acids is 1. The summed E-state index contributed by atoms with van der Waals surface area (Å²) in [4.78, 5) is 22.2. The van der Waals surface area contributed by atoms with E-state index < -0.39 is 5.41 Å². The number of nitrogens with zero attached hydrogens (tertiary/aromatic N) is 2. The predicted octanol–water partition coefficient (Wildman–Crippen LogP) is 6.26. The van der Waals surface area contributed by atoms with Gasteiger partial charge in [-0.2, -0.15) is 0 Å². The Morgan fingerprint density at radius 2 is 1.36 bits per heavy atom. The van der Waals surface area contributed by atoms with E-state index in [2.05, 4.69) is 45.0 Å². The minimum absolute atomic E-state index is 0.00837. The summed E-state index contributed by atoms with van der Waals surface area (Å²) in [5.41, 5.74) is 4.19. The molecule has 3 N–H and O–H groups in total. The molecule has 1 aromatic heterocycles. The Labute approximate surface area is 211 Å². The Morgan fingerprint density at radius 1 is 0.806 bits per heavy atom. The van der Waals surface area contributed by atoms with Crippen molar-refractivity contribution in [3.05, 3.63) is 95.8 Å². The predicted molar refractivity (Wildman–Crippen MR) is 143 cm³/mol. The number of ether oxygens (including phenoxy) is 1. The van der Waals surface area contributed by atoms with Crippen LogP contribution >= 0.6 is 0 Å². The number of hydrogen-bond acceptors (Lipinski definition) is 6. The zero-order valence-electron chi connectivity index (χ0n) is 20.6. The third kappa shape index (κ3) is 5.00. The van der Waals surface area contributed by atoms with Crippen LogP contribution in [0.3, 0.4) is 0 Å². The number of aromatic nitrogens is 2. The first-order valence-electron chi connectivity index (χ1n) is 12.0. The highest BCUT2D eigenvalue weighted by Gasteiger charge is 2.52. The number of hydrogen-bond donors (Lipinski definition) is 3. The van der Waals surface area contributed by atoms with Gasteiger partial charge < -0.3 is 20.7 Å². The molecule has 1 amide bonds. The van der Waals surface area contributed by atoms with E-state index in [1.807, 2.05) is 73.7 Å². The topological polar surface area (TPSA) is 88.2 Å². The van der Waals surface area contributed by atoms with Crippen molar-refractivity contribution in [1.82, 2.24) is 9.97 Å². The van der Waals surface area contributed by atoms with E-state index in [4.69, 9.17) is 4.74 Å². The van der Waals surface area contributed by atoms with E-state index in [0.29, 0.717) is 17.5 Å². The van der Waals surface area contributed by atoms with Crippen molar-refractivity contribution in [2.45, 2.75) is 32.1 Å². The molecule has 1 aliphatic carbocycles. The van der Waals surface area contributed by atoms with Crippen LogP contribution in [0.25, 0.3) is 0 Å². The first-order valence-corrected chi connectivity index (χ1v) is 12.0. The Bertz CT molecular complexity index is 1380. The zero-order valence-corrected chi connectivity index (χ0v) is 20.6. The molecular weight excluding hydrogens is 450 g/mol. The lowest BCUT2D eigenvalue weighted by Crippen LogP contribution is -2.28. The average Bonchev–Trinajstić information content (AvgIpc) is 3.68. The first kappa shape index (κ1) is 23.4. The summed E-state index contributed by atoms with van der Waals surface area (Å²) in [6, 6.07) is 25.4. The first-order chi connectivity index (χ1) is 17.4. The van der Waals surface area contributed by atoms with E-state index in [1.165, 1.54) is 5.56 Å². The number of rotatable bonds is 8. The van der Waals surface area contributed by atoms with E-state index in [0.717, 1.165) is 41.2 Å². The summed E-state index contributed by atoms with van der Waals surface area (Å²) in [7, 11) is 1.64. The number of methoxy groups -OCH3 is 1. The number of aryl methyl sites for hydroxylation is 2. The third-order valence-electron chi connectivity index (χ3n) is 6.38. The molecule has 0 unspecified atom stereocenters. The van der Waals surface area contributed by atoms with E-state index in [9.17, 15) is 4.79 Å². The van der Waals surface area contributed by atoms with E-state index in [-0.39, 0.29) is 5.91 Å². The van der Waals surface area contributed by atoms with Gasteiger partial charge in [-0.1, -0.05) is 35.9 Å². The second kappa shape index (κ2) is 9.70. The molecule has 7 nitrogen and oxygen atoms in total. The number of nitrogens with one attached hydrogen (secondary N) is 3. The molecule has 1 saturated carbocycles. The lowest BCUT2D eigenvalue weighted by molar-refractivity contribution is -0.118. The average molecular weight is 480 g/mol. The number of para-hydroxylation sites is 1. The van der Waals surface area contributed by atoms with Crippen molar-refractivity contribution in [1.29, 1.82) is 0 Å². The number of benzene rings is 3. The highest BCUT2D eigenvalue weighted by Crippen LogP contribution is 2.52. The van der Waals surface area contributed by atoms with Crippen LogP contribution in [0.5, 0.6) is 5.75 Å². The van der Waals surface area contributed by atoms with Crippen LogP contribution in [0.15, 0.2) is 78.9 Å². The molecule has 0 radical (unpaired) electrons. The van der Waals surface area contributed by atoms with Crippen LogP contribution in [-0.2, 0) is 10.2 Å². The van der Waals surface area contributed by atoms with Gasteiger partial charge in [-0.05, 0) is 69.2 Å². The molecule has 0 aliphatic heterocycles.